The molecular weight excluding hydrogens is 316 g/mol. The van der Waals surface area contributed by atoms with Gasteiger partial charge in [-0.1, -0.05) is 18.2 Å². The van der Waals surface area contributed by atoms with Crippen LogP contribution in [0.5, 0.6) is 11.5 Å². The highest BCUT2D eigenvalue weighted by atomic mass is 16.5. The molecule has 132 valence electrons. The zero-order valence-electron chi connectivity index (χ0n) is 14.4. The second kappa shape index (κ2) is 8.03. The first-order valence-electron chi connectivity index (χ1n) is 8.56. The fourth-order valence-electron chi connectivity index (χ4n) is 3.20. The summed E-state index contributed by atoms with van der Waals surface area (Å²) in [4.78, 5) is 14.5. The monoisotopic (exact) mass is 340 g/mol. The molecule has 5 nitrogen and oxygen atoms in total. The minimum atomic E-state index is -0.135. The van der Waals surface area contributed by atoms with E-state index < -0.39 is 0 Å². The van der Waals surface area contributed by atoms with Gasteiger partial charge in [0.1, 0.15) is 11.5 Å². The van der Waals surface area contributed by atoms with Crippen LogP contribution in [-0.2, 0) is 6.54 Å². The van der Waals surface area contributed by atoms with Gasteiger partial charge in [-0.05, 0) is 54.8 Å². The number of amides is 1. The standard InChI is InChI=1S/C20H24N2O3/c1-25-19-7-5-15(6-8-19)13-22-10-9-16(14-22)12-21-20(24)17-3-2-4-18(23)11-17/h2-8,11,16,23H,9-10,12-14H2,1H3,(H,21,24). The number of hydrogen-bond acceptors (Lipinski definition) is 4. The number of methoxy groups -OCH3 is 1. The Morgan fingerprint density at radius 2 is 2.08 bits per heavy atom. The van der Waals surface area contributed by atoms with Gasteiger partial charge in [0.25, 0.3) is 5.91 Å². The highest BCUT2D eigenvalue weighted by molar-refractivity contribution is 5.94. The summed E-state index contributed by atoms with van der Waals surface area (Å²) in [6.07, 6.45) is 1.08. The third-order valence-electron chi connectivity index (χ3n) is 4.59. The van der Waals surface area contributed by atoms with Gasteiger partial charge in [-0.3, -0.25) is 9.69 Å². The number of aromatic hydroxyl groups is 1. The Labute approximate surface area is 148 Å². The SMILES string of the molecule is COc1ccc(CN2CCC(CNC(=O)c3cccc(O)c3)C2)cc1. The lowest BCUT2D eigenvalue weighted by Crippen LogP contribution is -2.30. The molecule has 0 aliphatic carbocycles. The first kappa shape index (κ1) is 17.3. The molecule has 1 amide bonds. The summed E-state index contributed by atoms with van der Waals surface area (Å²) in [5.41, 5.74) is 1.76. The second-order valence-corrected chi connectivity index (χ2v) is 6.50. The van der Waals surface area contributed by atoms with Crippen molar-refractivity contribution >= 4 is 5.91 Å². The van der Waals surface area contributed by atoms with E-state index in [0.29, 0.717) is 18.0 Å². The largest absolute Gasteiger partial charge is 0.508 e. The molecule has 2 aromatic carbocycles. The molecule has 0 bridgehead atoms. The van der Waals surface area contributed by atoms with Gasteiger partial charge in [-0.15, -0.1) is 0 Å². The van der Waals surface area contributed by atoms with E-state index in [2.05, 4.69) is 22.3 Å². The molecule has 1 aliphatic heterocycles. The Kier molecular flexibility index (Phi) is 5.56. The van der Waals surface area contributed by atoms with Crippen LogP contribution >= 0.6 is 0 Å². The Bertz CT molecular complexity index is 715. The van der Waals surface area contributed by atoms with Crippen molar-refractivity contribution in [2.24, 2.45) is 5.92 Å². The Balaban J connectivity index is 1.45. The van der Waals surface area contributed by atoms with Gasteiger partial charge >= 0.3 is 0 Å². The molecule has 1 unspecified atom stereocenters. The fraction of sp³-hybridized carbons (Fsp3) is 0.350. The first-order valence-corrected chi connectivity index (χ1v) is 8.56. The summed E-state index contributed by atoms with van der Waals surface area (Å²) in [6.45, 7) is 3.60. The molecule has 5 heteroatoms. The predicted molar refractivity (Wildman–Crippen MR) is 96.8 cm³/mol. The van der Waals surface area contributed by atoms with Crippen LogP contribution in [0.1, 0.15) is 22.3 Å². The molecule has 25 heavy (non-hydrogen) atoms. The normalized spacial score (nSPS) is 17.4. The van der Waals surface area contributed by atoms with Crippen LogP contribution in [0.15, 0.2) is 48.5 Å². The number of nitrogens with one attached hydrogen (secondary N) is 1. The number of hydrogen-bond donors (Lipinski definition) is 2. The summed E-state index contributed by atoms with van der Waals surface area (Å²) in [5.74, 6) is 1.31. The third-order valence-corrected chi connectivity index (χ3v) is 4.59. The van der Waals surface area contributed by atoms with Crippen molar-refractivity contribution in [1.29, 1.82) is 0 Å². The molecule has 1 fully saturated rings. The van der Waals surface area contributed by atoms with Crippen LogP contribution in [0, 0.1) is 5.92 Å². The van der Waals surface area contributed by atoms with Crippen LogP contribution in [-0.4, -0.2) is 42.7 Å². The zero-order chi connectivity index (χ0) is 17.6. The van der Waals surface area contributed by atoms with Crippen molar-refractivity contribution in [3.63, 3.8) is 0 Å². The number of phenols is 1. The van der Waals surface area contributed by atoms with Crippen LogP contribution < -0.4 is 10.1 Å². The van der Waals surface area contributed by atoms with Crippen molar-refractivity contribution in [2.75, 3.05) is 26.7 Å². The van der Waals surface area contributed by atoms with Crippen LogP contribution in [0.25, 0.3) is 0 Å². The first-order chi connectivity index (χ1) is 12.1. The summed E-state index contributed by atoms with van der Waals surface area (Å²) in [5, 5.41) is 12.4. The molecule has 1 atom stereocenters. The molecule has 0 saturated carbocycles. The summed E-state index contributed by atoms with van der Waals surface area (Å²) in [7, 11) is 1.67. The van der Waals surface area contributed by atoms with E-state index in [-0.39, 0.29) is 11.7 Å². The summed E-state index contributed by atoms with van der Waals surface area (Å²) >= 11 is 0. The lowest BCUT2D eigenvalue weighted by atomic mass is 10.1. The van der Waals surface area contributed by atoms with Crippen molar-refractivity contribution in [1.82, 2.24) is 10.2 Å². The van der Waals surface area contributed by atoms with E-state index in [1.165, 1.54) is 11.6 Å². The number of benzene rings is 2. The smallest absolute Gasteiger partial charge is 0.251 e. The molecule has 2 aromatic rings. The highest BCUT2D eigenvalue weighted by Gasteiger charge is 2.23. The minimum absolute atomic E-state index is 0.110. The van der Waals surface area contributed by atoms with Gasteiger partial charge in [-0.2, -0.15) is 0 Å². The van der Waals surface area contributed by atoms with Gasteiger partial charge in [0.05, 0.1) is 7.11 Å². The van der Waals surface area contributed by atoms with Gasteiger partial charge in [0, 0.05) is 25.2 Å². The minimum Gasteiger partial charge on any atom is -0.508 e. The van der Waals surface area contributed by atoms with Gasteiger partial charge < -0.3 is 15.2 Å². The number of nitrogens with zero attached hydrogens (tertiary/aromatic N) is 1. The Morgan fingerprint density at radius 1 is 1.28 bits per heavy atom. The fourth-order valence-corrected chi connectivity index (χ4v) is 3.20. The van der Waals surface area contributed by atoms with E-state index >= 15 is 0 Å². The molecule has 0 radical (unpaired) electrons. The molecule has 1 saturated heterocycles. The van der Waals surface area contributed by atoms with Gasteiger partial charge in [-0.25, -0.2) is 0 Å². The number of carbonyl (C=O) groups is 1. The number of ether oxygens (including phenoxy) is 1. The summed E-state index contributed by atoms with van der Waals surface area (Å²) in [6, 6.07) is 14.6. The van der Waals surface area contributed by atoms with Gasteiger partial charge in [0.15, 0.2) is 0 Å². The van der Waals surface area contributed by atoms with E-state index in [1.807, 2.05) is 12.1 Å². The topological polar surface area (TPSA) is 61.8 Å². The number of rotatable bonds is 6. The molecule has 2 N–H and O–H groups in total. The molecule has 0 spiro atoms. The van der Waals surface area contributed by atoms with E-state index in [9.17, 15) is 9.90 Å². The maximum atomic E-state index is 12.1. The molecule has 1 aliphatic rings. The quantitative estimate of drug-likeness (QED) is 0.849. The van der Waals surface area contributed by atoms with Crippen LogP contribution in [0.3, 0.4) is 0 Å². The molecule has 1 heterocycles. The average Bonchev–Trinajstić information content (AvgIpc) is 3.08. The van der Waals surface area contributed by atoms with E-state index in [1.54, 1.807) is 25.3 Å². The highest BCUT2D eigenvalue weighted by Crippen LogP contribution is 2.20. The molecule has 3 rings (SSSR count). The average molecular weight is 340 g/mol. The van der Waals surface area contributed by atoms with Crippen molar-refractivity contribution in [3.8, 4) is 11.5 Å². The number of phenolic OH excluding ortho intramolecular Hbond substituents is 1. The van der Waals surface area contributed by atoms with Gasteiger partial charge in [0.2, 0.25) is 0 Å². The van der Waals surface area contributed by atoms with Crippen LogP contribution in [0.4, 0.5) is 0 Å². The third kappa shape index (κ3) is 4.73. The van der Waals surface area contributed by atoms with Crippen molar-refractivity contribution < 1.29 is 14.6 Å². The number of carbonyl (C=O) groups excluding carboxylic acids is 1. The van der Waals surface area contributed by atoms with E-state index in [4.69, 9.17) is 4.74 Å². The Hall–Kier alpha value is -2.53. The lowest BCUT2D eigenvalue weighted by Gasteiger charge is -2.16. The summed E-state index contributed by atoms with van der Waals surface area (Å²) < 4.78 is 5.18. The maximum absolute atomic E-state index is 12.1. The predicted octanol–water partition coefficient (Wildman–Crippen LogP) is 2.65. The zero-order valence-corrected chi connectivity index (χ0v) is 14.4. The van der Waals surface area contributed by atoms with Crippen molar-refractivity contribution in [3.05, 3.63) is 59.7 Å². The maximum Gasteiger partial charge on any atom is 0.251 e. The molecular formula is C20H24N2O3. The lowest BCUT2D eigenvalue weighted by molar-refractivity contribution is 0.0947. The van der Waals surface area contributed by atoms with Crippen LogP contribution in [0.2, 0.25) is 0 Å². The second-order valence-electron chi connectivity index (χ2n) is 6.50. The van der Waals surface area contributed by atoms with E-state index in [0.717, 1.165) is 31.8 Å². The Morgan fingerprint density at radius 3 is 2.80 bits per heavy atom. The molecule has 0 aromatic heterocycles. The number of likely N-dealkylation sites (tertiary alicyclic amines) is 1. The van der Waals surface area contributed by atoms with Crippen molar-refractivity contribution in [2.45, 2.75) is 13.0 Å².